The lowest BCUT2D eigenvalue weighted by Crippen LogP contribution is -2.63. The molecule has 6 nitrogen and oxygen atoms in total. The van der Waals surface area contributed by atoms with Gasteiger partial charge in [-0.3, -0.25) is 9.78 Å². The second-order valence-electron chi connectivity index (χ2n) is 5.90. The average Bonchev–Trinajstić information content (AvgIpc) is 2.75. The van der Waals surface area contributed by atoms with E-state index in [1.807, 2.05) is 19.1 Å². The molecule has 3 heterocycles. The van der Waals surface area contributed by atoms with Gasteiger partial charge in [-0.05, 0) is 24.6 Å². The first-order valence-electron chi connectivity index (χ1n) is 7.43. The molecule has 2 N–H and O–H groups in total. The van der Waals surface area contributed by atoms with E-state index in [2.05, 4.69) is 4.98 Å². The van der Waals surface area contributed by atoms with Crippen molar-refractivity contribution in [1.29, 1.82) is 0 Å². The van der Waals surface area contributed by atoms with Gasteiger partial charge in [-0.1, -0.05) is 6.92 Å². The van der Waals surface area contributed by atoms with E-state index >= 15 is 0 Å². The first-order valence-corrected chi connectivity index (χ1v) is 8.42. The molecule has 122 valence electrons. The number of carbonyl (C=O) groups excluding carboxylic acids is 1. The third kappa shape index (κ3) is 2.53. The highest BCUT2D eigenvalue weighted by Crippen LogP contribution is 2.48. The normalized spacial score (nSPS) is 27.7. The number of aliphatic hydroxyl groups is 1. The molecule has 0 spiro atoms. The van der Waals surface area contributed by atoms with E-state index in [0.29, 0.717) is 5.75 Å². The van der Waals surface area contributed by atoms with Gasteiger partial charge in [-0.25, -0.2) is 4.79 Å². The number of carboxylic acid groups (broad SMARTS) is 1. The van der Waals surface area contributed by atoms with E-state index in [1.165, 1.54) is 16.7 Å². The molecule has 0 aliphatic carbocycles. The van der Waals surface area contributed by atoms with Gasteiger partial charge < -0.3 is 15.1 Å². The summed E-state index contributed by atoms with van der Waals surface area (Å²) in [6.07, 6.45) is 2.61. The number of aliphatic hydroxyl groups excluding tert-OH is 1. The van der Waals surface area contributed by atoms with E-state index in [-0.39, 0.29) is 23.6 Å². The number of fused-ring (bicyclic) bond motifs is 1. The second-order valence-corrected chi connectivity index (χ2v) is 6.95. The van der Waals surface area contributed by atoms with Crippen LogP contribution < -0.4 is 0 Å². The van der Waals surface area contributed by atoms with Gasteiger partial charge in [0.25, 0.3) is 0 Å². The van der Waals surface area contributed by atoms with Gasteiger partial charge >= 0.3 is 5.97 Å². The number of β-lactam (4-membered cyclic amide) rings is 1. The Kier molecular flexibility index (Phi) is 4.16. The zero-order chi connectivity index (χ0) is 16.7. The van der Waals surface area contributed by atoms with Gasteiger partial charge in [0.05, 0.1) is 18.1 Å². The van der Waals surface area contributed by atoms with Crippen molar-refractivity contribution in [3.63, 3.8) is 0 Å². The summed E-state index contributed by atoms with van der Waals surface area (Å²) >= 11 is 1.52. The van der Waals surface area contributed by atoms with Gasteiger partial charge in [-0.2, -0.15) is 0 Å². The number of pyridine rings is 1. The maximum absolute atomic E-state index is 12.2. The molecule has 7 heteroatoms. The number of amides is 1. The van der Waals surface area contributed by atoms with Crippen molar-refractivity contribution >= 4 is 23.6 Å². The van der Waals surface area contributed by atoms with Crippen LogP contribution >= 0.6 is 11.8 Å². The number of carboxylic acids is 1. The molecule has 23 heavy (non-hydrogen) atoms. The number of aromatic nitrogens is 1. The Morgan fingerprint density at radius 1 is 1.43 bits per heavy atom. The molecule has 2 aliphatic heterocycles. The molecule has 1 aromatic heterocycles. The maximum atomic E-state index is 12.2. The van der Waals surface area contributed by atoms with Crippen LogP contribution in [0.3, 0.4) is 0 Å². The highest BCUT2D eigenvalue weighted by molar-refractivity contribution is 7.99. The van der Waals surface area contributed by atoms with Gasteiger partial charge in [0.15, 0.2) is 0 Å². The summed E-state index contributed by atoms with van der Waals surface area (Å²) in [6.45, 7) is 3.51. The minimum Gasteiger partial charge on any atom is -0.477 e. The minimum absolute atomic E-state index is 0.0762. The Morgan fingerprint density at radius 3 is 2.65 bits per heavy atom. The molecule has 1 aromatic rings. The van der Waals surface area contributed by atoms with E-state index in [4.69, 9.17) is 0 Å². The summed E-state index contributed by atoms with van der Waals surface area (Å²) < 4.78 is 0. The number of thioether (sulfide) groups is 1. The van der Waals surface area contributed by atoms with Crippen molar-refractivity contribution in [1.82, 2.24) is 9.88 Å². The van der Waals surface area contributed by atoms with Crippen molar-refractivity contribution in [2.45, 2.75) is 30.9 Å². The Hall–Kier alpha value is -1.86. The molecule has 0 aromatic carbocycles. The number of hydrogen-bond acceptors (Lipinski definition) is 5. The van der Waals surface area contributed by atoms with Crippen LogP contribution in [0, 0.1) is 11.8 Å². The van der Waals surface area contributed by atoms with Crippen LogP contribution in [0.25, 0.3) is 0 Å². The molecule has 2 unspecified atom stereocenters. The molecule has 2 aliphatic rings. The second kappa shape index (κ2) is 5.98. The van der Waals surface area contributed by atoms with Crippen molar-refractivity contribution in [2.75, 3.05) is 5.75 Å². The minimum atomic E-state index is -1.08. The standard InChI is InChI=1S/C16H18N2O4S/c1-8-11(7-23-10-3-5-17-6-4-10)14(16(21)22)18-13(8)12(9(2)19)15(18)20/h3-6,8-9,12-13,19H,7H2,1-2H3,(H,21,22)/t8?,9?,12-,13+/m0/s1. The van der Waals surface area contributed by atoms with Gasteiger partial charge in [0.2, 0.25) is 5.91 Å². The quantitative estimate of drug-likeness (QED) is 0.624. The van der Waals surface area contributed by atoms with Crippen LogP contribution in [0.1, 0.15) is 13.8 Å². The van der Waals surface area contributed by atoms with Crippen LogP contribution in [-0.2, 0) is 9.59 Å². The molecule has 1 fully saturated rings. The van der Waals surface area contributed by atoms with Crippen LogP contribution in [0.2, 0.25) is 0 Å². The van der Waals surface area contributed by atoms with Crippen LogP contribution in [0.4, 0.5) is 0 Å². The molecule has 4 atom stereocenters. The number of rotatable bonds is 5. The number of carbonyl (C=O) groups is 2. The third-order valence-corrected chi connectivity index (χ3v) is 5.62. The van der Waals surface area contributed by atoms with Crippen molar-refractivity contribution < 1.29 is 19.8 Å². The first-order chi connectivity index (χ1) is 10.9. The Morgan fingerprint density at radius 2 is 2.09 bits per heavy atom. The van der Waals surface area contributed by atoms with Crippen molar-refractivity contribution in [2.24, 2.45) is 11.8 Å². The lowest BCUT2D eigenvalue weighted by atomic mass is 9.78. The summed E-state index contributed by atoms with van der Waals surface area (Å²) in [7, 11) is 0. The molecule has 1 saturated heterocycles. The Bertz CT molecular complexity index is 674. The monoisotopic (exact) mass is 334 g/mol. The molecule has 0 saturated carbocycles. The lowest BCUT2D eigenvalue weighted by molar-refractivity contribution is -0.163. The predicted octanol–water partition coefficient (Wildman–Crippen LogP) is 1.37. The highest BCUT2D eigenvalue weighted by Gasteiger charge is 2.59. The zero-order valence-corrected chi connectivity index (χ0v) is 13.7. The van der Waals surface area contributed by atoms with E-state index in [9.17, 15) is 19.8 Å². The van der Waals surface area contributed by atoms with E-state index in [1.54, 1.807) is 19.3 Å². The SMILES string of the molecule is CC1C(CSc2ccncc2)=C(C(=O)O)N2C(=O)[C@@H](C(C)O)[C@@H]12. The Labute approximate surface area is 138 Å². The smallest absolute Gasteiger partial charge is 0.352 e. The number of hydrogen-bond donors (Lipinski definition) is 2. The molecule has 1 amide bonds. The van der Waals surface area contributed by atoms with Crippen LogP contribution in [0.5, 0.6) is 0 Å². The lowest BCUT2D eigenvalue weighted by Gasteiger charge is -2.46. The Balaban J connectivity index is 1.86. The van der Waals surface area contributed by atoms with Crippen molar-refractivity contribution in [3.05, 3.63) is 35.8 Å². The largest absolute Gasteiger partial charge is 0.477 e. The summed E-state index contributed by atoms with van der Waals surface area (Å²) in [6, 6.07) is 3.48. The highest BCUT2D eigenvalue weighted by atomic mass is 32.2. The fourth-order valence-corrected chi connectivity index (χ4v) is 4.47. The first kappa shape index (κ1) is 16.0. The average molecular weight is 334 g/mol. The molecular formula is C16H18N2O4S. The fraction of sp³-hybridized carbons (Fsp3) is 0.438. The summed E-state index contributed by atoms with van der Waals surface area (Å²) in [4.78, 5) is 30.2. The van der Waals surface area contributed by atoms with Gasteiger partial charge in [0, 0.05) is 29.0 Å². The molecule has 0 bridgehead atoms. The van der Waals surface area contributed by atoms with Crippen LogP contribution in [0.15, 0.2) is 40.7 Å². The molecule has 3 rings (SSSR count). The van der Waals surface area contributed by atoms with Gasteiger partial charge in [0.1, 0.15) is 5.70 Å². The van der Waals surface area contributed by atoms with Gasteiger partial charge in [-0.15, -0.1) is 11.8 Å². The zero-order valence-electron chi connectivity index (χ0n) is 12.8. The predicted molar refractivity (Wildman–Crippen MR) is 84.6 cm³/mol. The van der Waals surface area contributed by atoms with E-state index in [0.717, 1.165) is 10.5 Å². The number of aliphatic carboxylic acids is 1. The number of nitrogens with zero attached hydrogens (tertiary/aromatic N) is 2. The molecule has 0 radical (unpaired) electrons. The molecular weight excluding hydrogens is 316 g/mol. The van der Waals surface area contributed by atoms with E-state index < -0.39 is 18.0 Å². The topological polar surface area (TPSA) is 90.7 Å². The van der Waals surface area contributed by atoms with Crippen molar-refractivity contribution in [3.8, 4) is 0 Å². The summed E-state index contributed by atoms with van der Waals surface area (Å²) in [5, 5.41) is 19.3. The van der Waals surface area contributed by atoms with Crippen LogP contribution in [-0.4, -0.2) is 49.9 Å². The summed E-state index contributed by atoms with van der Waals surface area (Å²) in [5.41, 5.74) is 0.840. The maximum Gasteiger partial charge on any atom is 0.352 e. The summed E-state index contributed by atoms with van der Waals surface area (Å²) in [5.74, 6) is -1.46. The third-order valence-electron chi connectivity index (χ3n) is 4.56. The fourth-order valence-electron chi connectivity index (χ4n) is 3.43.